The van der Waals surface area contributed by atoms with Gasteiger partial charge in [-0.05, 0) is 24.3 Å². The Labute approximate surface area is 120 Å². The lowest BCUT2D eigenvalue weighted by atomic mass is 10.1. The zero-order chi connectivity index (χ0) is 13.8. The van der Waals surface area contributed by atoms with Gasteiger partial charge in [-0.3, -0.25) is 0 Å². The monoisotopic (exact) mass is 270 g/mol. The molecule has 0 spiro atoms. The van der Waals surface area contributed by atoms with Crippen LogP contribution in [0, 0.1) is 0 Å². The smallest absolute Gasteiger partial charge is 0.136 e. The predicted molar refractivity (Wildman–Crippen MR) is 83.0 cm³/mol. The molecule has 1 saturated heterocycles. The van der Waals surface area contributed by atoms with E-state index in [9.17, 15) is 5.11 Å². The molecule has 20 heavy (non-hydrogen) atoms. The van der Waals surface area contributed by atoms with Crippen molar-refractivity contribution in [1.82, 2.24) is 4.98 Å². The molecule has 2 aromatic rings. The van der Waals surface area contributed by atoms with Crippen molar-refractivity contribution in [3.8, 4) is 0 Å². The summed E-state index contributed by atoms with van der Waals surface area (Å²) in [5, 5.41) is 11.8. The minimum absolute atomic E-state index is 0.00563. The quantitative estimate of drug-likeness (QED) is 0.907. The van der Waals surface area contributed by atoms with E-state index >= 15 is 0 Å². The summed E-state index contributed by atoms with van der Waals surface area (Å²) < 4.78 is 0. The van der Waals surface area contributed by atoms with Gasteiger partial charge in [0.1, 0.15) is 5.82 Å². The Balaban J connectivity index is 2.03. The Morgan fingerprint density at radius 2 is 1.70 bits per heavy atom. The first-order valence-corrected chi connectivity index (χ1v) is 7.63. The van der Waals surface area contributed by atoms with Crippen LogP contribution in [0.4, 0.5) is 5.82 Å². The van der Waals surface area contributed by atoms with Crippen LogP contribution in [0.5, 0.6) is 0 Å². The first-order valence-electron chi connectivity index (χ1n) is 7.63. The van der Waals surface area contributed by atoms with E-state index in [1.807, 2.05) is 12.1 Å². The average molecular weight is 270 g/mol. The van der Waals surface area contributed by atoms with Crippen LogP contribution in [0.3, 0.4) is 0 Å². The maximum atomic E-state index is 9.44. The van der Waals surface area contributed by atoms with E-state index in [1.54, 1.807) is 0 Å². The van der Waals surface area contributed by atoms with Crippen molar-refractivity contribution >= 4 is 16.6 Å². The molecule has 3 rings (SSSR count). The van der Waals surface area contributed by atoms with Gasteiger partial charge in [0.2, 0.25) is 0 Å². The van der Waals surface area contributed by atoms with Crippen LogP contribution in [0.15, 0.2) is 30.3 Å². The maximum Gasteiger partial charge on any atom is 0.136 e. The molecule has 0 unspecified atom stereocenters. The molecule has 1 aliphatic heterocycles. The van der Waals surface area contributed by atoms with E-state index in [0.717, 1.165) is 24.6 Å². The number of aliphatic hydroxyl groups is 1. The Kier molecular flexibility index (Phi) is 4.16. The van der Waals surface area contributed by atoms with Gasteiger partial charge in [-0.2, -0.15) is 0 Å². The minimum atomic E-state index is 0.00563. The molecule has 1 aromatic carbocycles. The van der Waals surface area contributed by atoms with Crippen molar-refractivity contribution in [1.29, 1.82) is 0 Å². The summed E-state index contributed by atoms with van der Waals surface area (Å²) in [5.74, 6) is 1.05. The molecule has 0 bridgehead atoms. The third-order valence-electron chi connectivity index (χ3n) is 4.09. The number of pyridine rings is 1. The molecule has 0 saturated carbocycles. The number of aliphatic hydroxyl groups excluding tert-OH is 1. The van der Waals surface area contributed by atoms with E-state index in [2.05, 4.69) is 23.1 Å². The molecule has 1 N–H and O–H groups in total. The lowest BCUT2D eigenvalue weighted by Gasteiger charge is -2.27. The van der Waals surface area contributed by atoms with Gasteiger partial charge in [-0.1, -0.05) is 43.5 Å². The van der Waals surface area contributed by atoms with Crippen LogP contribution in [0.25, 0.3) is 10.8 Å². The van der Waals surface area contributed by atoms with Crippen LogP contribution < -0.4 is 4.90 Å². The molecule has 0 amide bonds. The maximum absolute atomic E-state index is 9.44. The molecular formula is C17H22N2O. The lowest BCUT2D eigenvalue weighted by molar-refractivity contribution is 0.277. The largest absolute Gasteiger partial charge is 0.390 e. The van der Waals surface area contributed by atoms with Crippen LogP contribution in [0.2, 0.25) is 0 Å². The first kappa shape index (κ1) is 13.4. The normalized spacial score (nSPS) is 16.9. The lowest BCUT2D eigenvalue weighted by Crippen LogP contribution is -2.28. The van der Waals surface area contributed by atoms with Crippen molar-refractivity contribution in [2.24, 2.45) is 0 Å². The van der Waals surface area contributed by atoms with Crippen molar-refractivity contribution in [3.05, 3.63) is 36.0 Å². The van der Waals surface area contributed by atoms with Crippen LogP contribution >= 0.6 is 0 Å². The molecule has 106 valence electrons. The van der Waals surface area contributed by atoms with E-state index in [0.29, 0.717) is 0 Å². The predicted octanol–water partition coefficient (Wildman–Crippen LogP) is 3.50. The molecule has 0 aliphatic carbocycles. The Morgan fingerprint density at radius 1 is 1.00 bits per heavy atom. The van der Waals surface area contributed by atoms with Gasteiger partial charge in [-0.25, -0.2) is 4.98 Å². The number of aromatic nitrogens is 1. The summed E-state index contributed by atoms with van der Waals surface area (Å²) in [6, 6.07) is 10.3. The summed E-state index contributed by atoms with van der Waals surface area (Å²) in [5.41, 5.74) is 0.765. The molecule has 2 heterocycles. The number of fused-ring (bicyclic) bond motifs is 1. The number of rotatable bonds is 2. The molecule has 0 radical (unpaired) electrons. The number of hydrogen-bond donors (Lipinski definition) is 1. The van der Waals surface area contributed by atoms with Crippen LogP contribution in [-0.4, -0.2) is 23.2 Å². The third-order valence-corrected chi connectivity index (χ3v) is 4.09. The zero-order valence-electron chi connectivity index (χ0n) is 11.9. The summed E-state index contributed by atoms with van der Waals surface area (Å²) in [6.45, 7) is 2.16. The van der Waals surface area contributed by atoms with Crippen molar-refractivity contribution < 1.29 is 5.11 Å². The molecule has 1 fully saturated rings. The van der Waals surface area contributed by atoms with Gasteiger partial charge in [0.15, 0.2) is 0 Å². The summed E-state index contributed by atoms with van der Waals surface area (Å²) in [7, 11) is 0. The minimum Gasteiger partial charge on any atom is -0.390 e. The molecule has 3 heteroatoms. The standard InChI is InChI=1S/C17H22N2O/c20-13-15-12-14-8-4-5-9-16(14)17(18-15)19-10-6-2-1-3-7-11-19/h4-5,8-9,12,20H,1-3,6-7,10-11,13H2. The molecule has 1 aromatic heterocycles. The topological polar surface area (TPSA) is 36.4 Å². The second kappa shape index (κ2) is 6.23. The van der Waals surface area contributed by atoms with Gasteiger partial charge in [0.25, 0.3) is 0 Å². The zero-order valence-corrected chi connectivity index (χ0v) is 11.9. The number of nitrogens with zero attached hydrogens (tertiary/aromatic N) is 2. The van der Waals surface area contributed by atoms with E-state index in [1.165, 1.54) is 42.9 Å². The number of benzene rings is 1. The summed E-state index contributed by atoms with van der Waals surface area (Å²) in [6.07, 6.45) is 6.46. The van der Waals surface area contributed by atoms with Gasteiger partial charge >= 0.3 is 0 Å². The summed E-state index contributed by atoms with van der Waals surface area (Å²) in [4.78, 5) is 7.09. The molecule has 3 nitrogen and oxygen atoms in total. The highest BCUT2D eigenvalue weighted by molar-refractivity contribution is 5.92. The fourth-order valence-electron chi connectivity index (χ4n) is 3.02. The van der Waals surface area contributed by atoms with Crippen LogP contribution in [-0.2, 0) is 6.61 Å². The average Bonchev–Trinajstić information content (AvgIpc) is 2.46. The molecule has 1 aliphatic rings. The van der Waals surface area contributed by atoms with E-state index < -0.39 is 0 Å². The number of anilines is 1. The van der Waals surface area contributed by atoms with Crippen molar-refractivity contribution in [2.75, 3.05) is 18.0 Å². The highest BCUT2D eigenvalue weighted by Crippen LogP contribution is 2.27. The Bertz CT molecular complexity index is 574. The van der Waals surface area contributed by atoms with Gasteiger partial charge in [0, 0.05) is 18.5 Å². The third kappa shape index (κ3) is 2.78. The fraction of sp³-hybridized carbons (Fsp3) is 0.471. The summed E-state index contributed by atoms with van der Waals surface area (Å²) >= 11 is 0. The Morgan fingerprint density at radius 3 is 2.45 bits per heavy atom. The van der Waals surface area contributed by atoms with Gasteiger partial charge in [0.05, 0.1) is 12.3 Å². The highest BCUT2D eigenvalue weighted by Gasteiger charge is 2.14. The second-order valence-corrected chi connectivity index (χ2v) is 5.57. The SMILES string of the molecule is OCc1cc2ccccc2c(N2CCCCCCC2)n1. The highest BCUT2D eigenvalue weighted by atomic mass is 16.3. The fourth-order valence-corrected chi connectivity index (χ4v) is 3.02. The van der Waals surface area contributed by atoms with Crippen molar-refractivity contribution in [3.63, 3.8) is 0 Å². The molecular weight excluding hydrogens is 248 g/mol. The molecule has 0 atom stereocenters. The van der Waals surface area contributed by atoms with Gasteiger partial charge < -0.3 is 10.0 Å². The van der Waals surface area contributed by atoms with E-state index in [-0.39, 0.29) is 6.61 Å². The van der Waals surface area contributed by atoms with Gasteiger partial charge in [-0.15, -0.1) is 0 Å². The number of hydrogen-bond acceptors (Lipinski definition) is 3. The second-order valence-electron chi connectivity index (χ2n) is 5.57. The van der Waals surface area contributed by atoms with E-state index in [4.69, 9.17) is 4.98 Å². The van der Waals surface area contributed by atoms with Crippen LogP contribution in [0.1, 0.15) is 37.8 Å². The first-order chi connectivity index (χ1) is 9.88. The Hall–Kier alpha value is -1.61. The van der Waals surface area contributed by atoms with Crippen molar-refractivity contribution in [2.45, 2.75) is 38.7 Å².